The van der Waals surface area contributed by atoms with Gasteiger partial charge in [-0.2, -0.15) is 26.3 Å². The van der Waals surface area contributed by atoms with E-state index in [9.17, 15) is 26.3 Å². The van der Waals surface area contributed by atoms with Gasteiger partial charge in [-0.05, 0) is 24.6 Å². The van der Waals surface area contributed by atoms with Crippen LogP contribution in [-0.4, -0.2) is 10.9 Å². The van der Waals surface area contributed by atoms with Gasteiger partial charge in [0.05, 0.1) is 22.8 Å². The van der Waals surface area contributed by atoms with E-state index >= 15 is 0 Å². The van der Waals surface area contributed by atoms with Gasteiger partial charge >= 0.3 is 12.4 Å². The van der Waals surface area contributed by atoms with Gasteiger partial charge in [-0.1, -0.05) is 11.6 Å². The highest BCUT2D eigenvalue weighted by Crippen LogP contribution is 2.51. The number of benzene rings is 1. The van der Waals surface area contributed by atoms with Crippen molar-refractivity contribution in [3.05, 3.63) is 33.8 Å². The fraction of sp³-hybridized carbons (Fsp3) is 0.538. The highest BCUT2D eigenvalue weighted by Gasteiger charge is 2.52. The lowest BCUT2D eigenvalue weighted by atomic mass is 9.91. The maximum atomic E-state index is 13.0. The third-order valence-electron chi connectivity index (χ3n) is 3.30. The van der Waals surface area contributed by atoms with Crippen LogP contribution in [-0.2, 0) is 22.7 Å². The molecule has 1 aromatic carbocycles. The van der Waals surface area contributed by atoms with Crippen molar-refractivity contribution in [2.45, 2.75) is 35.6 Å². The second kappa shape index (κ2) is 5.58. The standard InChI is InChI=1S/C13H9Cl3F6O/c1-10(15,16)4-11(5-23-11)6-2-7(12(17,18)19)9(14)8(3-6)13(20,21)22/h2-3H,4-5H2,1H3. The smallest absolute Gasteiger partial charge is 0.364 e. The summed E-state index contributed by atoms with van der Waals surface area (Å²) in [4.78, 5) is 0. The minimum atomic E-state index is -5.05. The first kappa shape index (κ1) is 19.0. The zero-order chi connectivity index (χ0) is 17.8. The molecule has 1 unspecified atom stereocenters. The summed E-state index contributed by atoms with van der Waals surface area (Å²) < 4.78 is 81.7. The first-order valence-corrected chi connectivity index (χ1v) is 7.29. The van der Waals surface area contributed by atoms with Crippen LogP contribution in [0.5, 0.6) is 0 Å². The molecule has 130 valence electrons. The fourth-order valence-electron chi connectivity index (χ4n) is 2.26. The number of hydrogen-bond acceptors (Lipinski definition) is 1. The molecule has 23 heavy (non-hydrogen) atoms. The molecule has 0 N–H and O–H groups in total. The summed E-state index contributed by atoms with van der Waals surface area (Å²) in [5.41, 5.74) is -4.86. The molecule has 1 saturated heterocycles. The summed E-state index contributed by atoms with van der Waals surface area (Å²) >= 11 is 16.9. The van der Waals surface area contributed by atoms with Gasteiger partial charge in [-0.3, -0.25) is 0 Å². The lowest BCUT2D eigenvalue weighted by Crippen LogP contribution is -2.22. The van der Waals surface area contributed by atoms with Crippen molar-refractivity contribution >= 4 is 34.8 Å². The van der Waals surface area contributed by atoms with Gasteiger partial charge in [0.25, 0.3) is 0 Å². The average molecular weight is 402 g/mol. The third kappa shape index (κ3) is 4.18. The lowest BCUT2D eigenvalue weighted by molar-refractivity contribution is -0.143. The maximum absolute atomic E-state index is 13.0. The second-order valence-electron chi connectivity index (χ2n) is 5.41. The van der Waals surface area contributed by atoms with Crippen LogP contribution in [0.4, 0.5) is 26.3 Å². The van der Waals surface area contributed by atoms with Crippen LogP contribution >= 0.6 is 34.8 Å². The minimum absolute atomic E-state index is 0.0851. The molecule has 0 spiro atoms. The van der Waals surface area contributed by atoms with Gasteiger partial charge in [-0.15, -0.1) is 23.2 Å². The molecule has 1 fully saturated rings. The molecular weight excluding hydrogens is 392 g/mol. The van der Waals surface area contributed by atoms with Crippen molar-refractivity contribution in [1.29, 1.82) is 0 Å². The Balaban J connectivity index is 2.62. The predicted molar refractivity (Wildman–Crippen MR) is 73.8 cm³/mol. The number of epoxide rings is 1. The predicted octanol–water partition coefficient (Wildman–Crippen LogP) is 6.19. The fourth-order valence-corrected chi connectivity index (χ4v) is 3.01. The normalized spacial score (nSPS) is 22.3. The van der Waals surface area contributed by atoms with Crippen molar-refractivity contribution in [3.63, 3.8) is 0 Å². The number of halogens is 9. The van der Waals surface area contributed by atoms with Crippen molar-refractivity contribution in [3.8, 4) is 0 Å². The summed E-state index contributed by atoms with van der Waals surface area (Å²) in [6.07, 6.45) is -10.3. The van der Waals surface area contributed by atoms with E-state index in [4.69, 9.17) is 39.5 Å². The molecule has 1 atom stereocenters. The van der Waals surface area contributed by atoms with E-state index in [0.717, 1.165) is 0 Å². The Morgan fingerprint density at radius 1 is 1.04 bits per heavy atom. The van der Waals surface area contributed by atoms with E-state index in [0.29, 0.717) is 12.1 Å². The minimum Gasteiger partial charge on any atom is -0.364 e. The molecule has 2 rings (SSSR count). The molecule has 0 radical (unpaired) electrons. The van der Waals surface area contributed by atoms with Crippen LogP contribution in [0.15, 0.2) is 12.1 Å². The van der Waals surface area contributed by atoms with Crippen molar-refractivity contribution in [2.24, 2.45) is 0 Å². The first-order chi connectivity index (χ1) is 10.2. The zero-order valence-electron chi connectivity index (χ0n) is 11.4. The Kier molecular flexibility index (Phi) is 4.60. The second-order valence-corrected chi connectivity index (χ2v) is 7.65. The van der Waals surface area contributed by atoms with Crippen LogP contribution in [0.1, 0.15) is 30.0 Å². The van der Waals surface area contributed by atoms with Crippen molar-refractivity contribution < 1.29 is 31.1 Å². The van der Waals surface area contributed by atoms with Crippen LogP contribution < -0.4 is 0 Å². The number of hydrogen-bond donors (Lipinski definition) is 0. The summed E-state index contributed by atoms with van der Waals surface area (Å²) in [6, 6.07) is 1.09. The Morgan fingerprint density at radius 3 is 1.70 bits per heavy atom. The molecule has 1 nitrogen and oxygen atoms in total. The quantitative estimate of drug-likeness (QED) is 0.334. The van der Waals surface area contributed by atoms with Gasteiger partial charge in [-0.25, -0.2) is 0 Å². The zero-order valence-corrected chi connectivity index (χ0v) is 13.6. The summed E-state index contributed by atoms with van der Waals surface area (Å²) in [6.45, 7) is 1.28. The van der Waals surface area contributed by atoms with Crippen molar-refractivity contribution in [1.82, 2.24) is 0 Å². The van der Waals surface area contributed by atoms with Gasteiger partial charge in [0.1, 0.15) is 9.93 Å². The third-order valence-corrected chi connectivity index (χ3v) is 3.97. The van der Waals surface area contributed by atoms with Gasteiger partial charge in [0.15, 0.2) is 0 Å². The highest BCUT2D eigenvalue weighted by atomic mass is 35.5. The lowest BCUT2D eigenvalue weighted by Gasteiger charge is -2.23. The molecule has 0 saturated carbocycles. The molecule has 10 heteroatoms. The van der Waals surface area contributed by atoms with Crippen molar-refractivity contribution in [2.75, 3.05) is 6.61 Å². The summed E-state index contributed by atoms with van der Waals surface area (Å²) in [7, 11) is 0. The summed E-state index contributed by atoms with van der Waals surface area (Å²) in [5.74, 6) is 0. The number of ether oxygens (including phenoxy) is 1. The number of rotatable bonds is 3. The average Bonchev–Trinajstić information content (AvgIpc) is 3.04. The first-order valence-electron chi connectivity index (χ1n) is 6.16. The van der Waals surface area contributed by atoms with Crippen LogP contribution in [0.25, 0.3) is 0 Å². The van der Waals surface area contributed by atoms with E-state index in [1.807, 2.05) is 0 Å². The molecule has 1 aliphatic rings. The van der Waals surface area contributed by atoms with E-state index < -0.39 is 38.4 Å². The SMILES string of the molecule is CC(Cl)(Cl)CC1(c2cc(C(F)(F)F)c(Cl)c(C(F)(F)F)c2)CO1. The Bertz CT molecular complexity index is 579. The van der Waals surface area contributed by atoms with Gasteiger partial charge in [0, 0.05) is 6.42 Å². The Hall–Kier alpha value is -0.370. The molecule has 1 aliphatic heterocycles. The van der Waals surface area contributed by atoms with Gasteiger partial charge in [0.2, 0.25) is 0 Å². The van der Waals surface area contributed by atoms with E-state index in [2.05, 4.69) is 0 Å². The molecule has 1 aromatic rings. The van der Waals surface area contributed by atoms with Crippen LogP contribution in [0, 0.1) is 0 Å². The summed E-state index contributed by atoms with van der Waals surface area (Å²) in [5, 5.41) is -1.40. The molecule has 0 aromatic heterocycles. The molecular formula is C13H9Cl3F6O. The highest BCUT2D eigenvalue weighted by molar-refractivity contribution is 6.48. The molecule has 0 amide bonds. The number of alkyl halides is 8. The van der Waals surface area contributed by atoms with Crippen LogP contribution in [0.2, 0.25) is 5.02 Å². The van der Waals surface area contributed by atoms with Crippen LogP contribution in [0.3, 0.4) is 0 Å². The van der Waals surface area contributed by atoms with E-state index in [1.165, 1.54) is 6.92 Å². The topological polar surface area (TPSA) is 12.5 Å². The maximum Gasteiger partial charge on any atom is 0.417 e. The molecule has 0 aliphatic carbocycles. The van der Waals surface area contributed by atoms with E-state index in [-0.39, 0.29) is 18.6 Å². The Morgan fingerprint density at radius 2 is 1.43 bits per heavy atom. The Labute approximate surface area is 142 Å². The monoisotopic (exact) mass is 400 g/mol. The molecule has 0 bridgehead atoms. The molecule has 1 heterocycles. The largest absolute Gasteiger partial charge is 0.417 e. The van der Waals surface area contributed by atoms with Gasteiger partial charge < -0.3 is 4.74 Å². The van der Waals surface area contributed by atoms with E-state index in [1.54, 1.807) is 0 Å².